The average molecular weight is 180 g/mol. The Labute approximate surface area is 78.5 Å². The molecule has 2 rings (SSSR count). The summed E-state index contributed by atoms with van der Waals surface area (Å²) < 4.78 is 5.16. The van der Waals surface area contributed by atoms with Gasteiger partial charge in [0.15, 0.2) is 6.39 Å². The third-order valence-corrected chi connectivity index (χ3v) is 2.80. The van der Waals surface area contributed by atoms with Crippen LogP contribution >= 0.6 is 0 Å². The fourth-order valence-electron chi connectivity index (χ4n) is 1.59. The maximum absolute atomic E-state index is 5.16. The van der Waals surface area contributed by atoms with E-state index >= 15 is 0 Å². The van der Waals surface area contributed by atoms with Crippen molar-refractivity contribution in [1.82, 2.24) is 10.3 Å². The van der Waals surface area contributed by atoms with Gasteiger partial charge in [0.2, 0.25) is 0 Å². The minimum Gasteiger partial charge on any atom is -0.447 e. The number of hydrogen-bond donors (Lipinski definition) is 1. The predicted molar refractivity (Wildman–Crippen MR) is 50.1 cm³/mol. The van der Waals surface area contributed by atoms with Gasteiger partial charge in [-0.05, 0) is 32.6 Å². The molecule has 3 heteroatoms. The van der Waals surface area contributed by atoms with E-state index in [-0.39, 0.29) is 5.54 Å². The van der Waals surface area contributed by atoms with Crippen LogP contribution in [0, 0.1) is 5.92 Å². The van der Waals surface area contributed by atoms with Crippen molar-refractivity contribution < 1.29 is 4.42 Å². The second-order valence-corrected chi connectivity index (χ2v) is 4.32. The Bertz CT molecular complexity index is 262. The smallest absolute Gasteiger partial charge is 0.180 e. The van der Waals surface area contributed by atoms with Crippen molar-refractivity contribution in [2.75, 3.05) is 0 Å². The van der Waals surface area contributed by atoms with Crippen molar-refractivity contribution in [2.24, 2.45) is 5.92 Å². The summed E-state index contributed by atoms with van der Waals surface area (Å²) in [7, 11) is 0. The first kappa shape index (κ1) is 8.75. The van der Waals surface area contributed by atoms with E-state index in [9.17, 15) is 0 Å². The van der Waals surface area contributed by atoms with Gasteiger partial charge in [-0.1, -0.05) is 0 Å². The third kappa shape index (κ3) is 2.10. The highest BCUT2D eigenvalue weighted by molar-refractivity contribution is 4.97. The average Bonchev–Trinajstić information content (AvgIpc) is 2.82. The van der Waals surface area contributed by atoms with E-state index in [1.807, 2.05) is 0 Å². The van der Waals surface area contributed by atoms with Crippen LogP contribution in [0.15, 0.2) is 17.0 Å². The predicted octanol–water partition coefficient (Wildman–Crippen LogP) is 1.95. The van der Waals surface area contributed by atoms with Crippen molar-refractivity contribution in [3.8, 4) is 0 Å². The second-order valence-electron chi connectivity index (χ2n) is 4.32. The van der Waals surface area contributed by atoms with Crippen molar-refractivity contribution in [2.45, 2.75) is 38.8 Å². The van der Waals surface area contributed by atoms with Crippen molar-refractivity contribution >= 4 is 0 Å². The van der Waals surface area contributed by atoms with Gasteiger partial charge in [-0.3, -0.25) is 0 Å². The highest BCUT2D eigenvalue weighted by atomic mass is 16.3. The quantitative estimate of drug-likeness (QED) is 0.769. The van der Waals surface area contributed by atoms with Crippen molar-refractivity contribution in [3.05, 3.63) is 18.4 Å². The molecular formula is C10H16N2O. The molecule has 0 radical (unpaired) electrons. The van der Waals surface area contributed by atoms with E-state index in [0.717, 1.165) is 18.2 Å². The molecule has 0 spiro atoms. The molecule has 0 amide bonds. The van der Waals surface area contributed by atoms with E-state index in [1.165, 1.54) is 19.2 Å². The summed E-state index contributed by atoms with van der Waals surface area (Å²) in [6.07, 6.45) is 5.95. The number of aromatic nitrogens is 1. The lowest BCUT2D eigenvalue weighted by molar-refractivity contribution is 0.322. The summed E-state index contributed by atoms with van der Waals surface area (Å²) >= 11 is 0. The second kappa shape index (κ2) is 3.14. The Kier molecular flexibility index (Phi) is 2.12. The molecule has 1 N–H and O–H groups in total. The number of nitrogens with one attached hydrogen (secondary N) is 1. The van der Waals surface area contributed by atoms with Gasteiger partial charge in [0.1, 0.15) is 5.76 Å². The van der Waals surface area contributed by atoms with Gasteiger partial charge in [0, 0.05) is 5.54 Å². The Balaban J connectivity index is 1.84. The van der Waals surface area contributed by atoms with Crippen LogP contribution in [0.5, 0.6) is 0 Å². The van der Waals surface area contributed by atoms with E-state index in [1.54, 1.807) is 6.20 Å². The number of rotatable bonds is 4. The fourth-order valence-corrected chi connectivity index (χ4v) is 1.59. The Morgan fingerprint density at radius 3 is 2.92 bits per heavy atom. The zero-order valence-corrected chi connectivity index (χ0v) is 8.21. The summed E-state index contributed by atoms with van der Waals surface area (Å²) in [5.41, 5.74) is 0.243. The fraction of sp³-hybridized carbons (Fsp3) is 0.700. The van der Waals surface area contributed by atoms with Gasteiger partial charge in [-0.2, -0.15) is 0 Å². The Morgan fingerprint density at radius 2 is 2.38 bits per heavy atom. The zero-order valence-electron chi connectivity index (χ0n) is 8.21. The molecule has 0 unspecified atom stereocenters. The maximum Gasteiger partial charge on any atom is 0.180 e. The normalized spacial score (nSPS) is 17.7. The van der Waals surface area contributed by atoms with E-state index in [2.05, 4.69) is 24.1 Å². The molecule has 0 saturated heterocycles. The largest absolute Gasteiger partial charge is 0.447 e. The molecule has 1 aliphatic carbocycles. The van der Waals surface area contributed by atoms with Gasteiger partial charge in [-0.25, -0.2) is 4.98 Å². The van der Waals surface area contributed by atoms with Crippen molar-refractivity contribution in [3.63, 3.8) is 0 Å². The minimum absolute atomic E-state index is 0.243. The topological polar surface area (TPSA) is 38.1 Å². The summed E-state index contributed by atoms with van der Waals surface area (Å²) in [6, 6.07) is 0. The molecule has 1 saturated carbocycles. The molecule has 0 aromatic carbocycles. The first-order valence-electron chi connectivity index (χ1n) is 4.81. The third-order valence-electron chi connectivity index (χ3n) is 2.80. The van der Waals surface area contributed by atoms with Crippen LogP contribution in [0.1, 0.15) is 32.4 Å². The molecule has 0 aliphatic heterocycles. The lowest BCUT2D eigenvalue weighted by Gasteiger charge is -2.25. The van der Waals surface area contributed by atoms with Crippen LogP contribution in [0.2, 0.25) is 0 Å². The van der Waals surface area contributed by atoms with Crippen LogP contribution in [0.4, 0.5) is 0 Å². The zero-order chi connectivity index (χ0) is 9.31. The highest BCUT2D eigenvalue weighted by Gasteiger charge is 2.37. The van der Waals surface area contributed by atoms with Crippen LogP contribution in [0.25, 0.3) is 0 Å². The SMILES string of the molecule is CC(C)(NCc1cnco1)C1CC1. The first-order valence-corrected chi connectivity index (χ1v) is 4.81. The van der Waals surface area contributed by atoms with Crippen LogP contribution in [-0.2, 0) is 6.54 Å². The lowest BCUT2D eigenvalue weighted by Crippen LogP contribution is -2.40. The summed E-state index contributed by atoms with van der Waals surface area (Å²) in [5.74, 6) is 1.75. The molecule has 1 aromatic rings. The molecule has 1 aromatic heterocycles. The Hall–Kier alpha value is -0.830. The molecule has 1 heterocycles. The van der Waals surface area contributed by atoms with Gasteiger partial charge >= 0.3 is 0 Å². The molecule has 1 aliphatic rings. The molecule has 3 nitrogen and oxygen atoms in total. The van der Waals surface area contributed by atoms with E-state index < -0.39 is 0 Å². The monoisotopic (exact) mass is 180 g/mol. The van der Waals surface area contributed by atoms with Crippen LogP contribution < -0.4 is 5.32 Å². The number of nitrogens with zero attached hydrogens (tertiary/aromatic N) is 1. The van der Waals surface area contributed by atoms with Crippen LogP contribution in [-0.4, -0.2) is 10.5 Å². The Morgan fingerprint density at radius 1 is 1.62 bits per heavy atom. The van der Waals surface area contributed by atoms with Gasteiger partial charge in [0.25, 0.3) is 0 Å². The molecule has 13 heavy (non-hydrogen) atoms. The molecule has 1 fully saturated rings. The van der Waals surface area contributed by atoms with Crippen molar-refractivity contribution in [1.29, 1.82) is 0 Å². The van der Waals surface area contributed by atoms with Gasteiger partial charge < -0.3 is 9.73 Å². The summed E-state index contributed by atoms with van der Waals surface area (Å²) in [4.78, 5) is 3.88. The summed E-state index contributed by atoms with van der Waals surface area (Å²) in [6.45, 7) is 5.28. The molecule has 0 atom stereocenters. The first-order chi connectivity index (χ1) is 6.18. The summed E-state index contributed by atoms with van der Waals surface area (Å²) in [5, 5.41) is 3.49. The molecular weight excluding hydrogens is 164 g/mol. The van der Waals surface area contributed by atoms with Gasteiger partial charge in [0.05, 0.1) is 12.7 Å². The van der Waals surface area contributed by atoms with E-state index in [0.29, 0.717) is 0 Å². The highest BCUT2D eigenvalue weighted by Crippen LogP contribution is 2.39. The minimum atomic E-state index is 0.243. The van der Waals surface area contributed by atoms with Gasteiger partial charge in [-0.15, -0.1) is 0 Å². The number of hydrogen-bond acceptors (Lipinski definition) is 3. The van der Waals surface area contributed by atoms with E-state index in [4.69, 9.17) is 4.42 Å². The standard InChI is InChI=1S/C10H16N2O/c1-10(2,8-3-4-8)12-6-9-5-11-7-13-9/h5,7-8,12H,3-4,6H2,1-2H3. The lowest BCUT2D eigenvalue weighted by atomic mass is 9.99. The van der Waals surface area contributed by atoms with Crippen LogP contribution in [0.3, 0.4) is 0 Å². The number of oxazole rings is 1. The molecule has 0 bridgehead atoms. The molecule has 72 valence electrons. The maximum atomic E-state index is 5.16.